The zero-order valence-electron chi connectivity index (χ0n) is 23.6. The monoisotopic (exact) mass is 478 g/mol. The van der Waals surface area contributed by atoms with E-state index in [1.165, 1.54) is 17.2 Å². The number of ether oxygens (including phenoxy) is 1. The Bertz CT molecular complexity index is 1070. The summed E-state index contributed by atoms with van der Waals surface area (Å²) in [6.45, 7) is 25.5. The minimum absolute atomic E-state index is 0.0122. The van der Waals surface area contributed by atoms with Crippen LogP contribution in [-0.4, -0.2) is 11.1 Å². The zero-order chi connectivity index (χ0) is 26.8. The number of benzene rings is 2. The lowest BCUT2D eigenvalue weighted by atomic mass is 9.73. The van der Waals surface area contributed by atoms with E-state index in [2.05, 4.69) is 94.0 Å². The average Bonchev–Trinajstić information content (AvgIpc) is 2.83. The maximum absolute atomic E-state index is 12.5. The molecule has 1 atom stereocenters. The van der Waals surface area contributed by atoms with E-state index < -0.39 is 5.97 Å². The van der Waals surface area contributed by atoms with Gasteiger partial charge in [-0.2, -0.15) is 0 Å². The molecule has 0 fully saturated rings. The Kier molecular flexibility index (Phi) is 8.69. The summed E-state index contributed by atoms with van der Waals surface area (Å²) in [4.78, 5) is 12.5. The lowest BCUT2D eigenvalue weighted by molar-refractivity contribution is -0.129. The van der Waals surface area contributed by atoms with Crippen LogP contribution in [0.1, 0.15) is 122 Å². The van der Waals surface area contributed by atoms with Gasteiger partial charge in [-0.25, -0.2) is 4.79 Å². The lowest BCUT2D eigenvalue weighted by Crippen LogP contribution is -2.24. The number of phenolic OH excluding ortho intramolecular Hbond substituents is 1. The second kappa shape index (κ2) is 10.6. The highest BCUT2D eigenvalue weighted by molar-refractivity contribution is 5.84. The van der Waals surface area contributed by atoms with Crippen LogP contribution in [-0.2, 0) is 21.0 Å². The van der Waals surface area contributed by atoms with E-state index >= 15 is 0 Å². The van der Waals surface area contributed by atoms with Crippen molar-refractivity contribution in [1.82, 2.24) is 0 Å². The molecule has 1 unspecified atom stereocenters. The molecule has 3 heteroatoms. The fourth-order valence-corrected chi connectivity index (χ4v) is 4.21. The summed E-state index contributed by atoms with van der Waals surface area (Å²) in [7, 11) is 0. The summed E-state index contributed by atoms with van der Waals surface area (Å²) in [5.74, 6) is 0.184. The zero-order valence-corrected chi connectivity index (χ0v) is 23.6. The first-order valence-corrected chi connectivity index (χ1v) is 13.0. The van der Waals surface area contributed by atoms with Crippen molar-refractivity contribution in [2.45, 2.75) is 111 Å². The number of phenols is 1. The van der Waals surface area contributed by atoms with Crippen LogP contribution < -0.4 is 4.74 Å². The fraction of sp³-hybridized carbons (Fsp3) is 0.531. The van der Waals surface area contributed by atoms with Crippen LogP contribution in [0.15, 0.2) is 43.0 Å². The summed E-state index contributed by atoms with van der Waals surface area (Å²) >= 11 is 0. The molecule has 1 N–H and O–H groups in total. The van der Waals surface area contributed by atoms with Crippen molar-refractivity contribution in [1.29, 1.82) is 0 Å². The topological polar surface area (TPSA) is 46.5 Å². The molecule has 0 aliphatic carbocycles. The van der Waals surface area contributed by atoms with Gasteiger partial charge in [-0.15, -0.1) is 0 Å². The van der Waals surface area contributed by atoms with Gasteiger partial charge in [0.05, 0.1) is 0 Å². The first-order chi connectivity index (χ1) is 16.1. The van der Waals surface area contributed by atoms with Gasteiger partial charge in [0.15, 0.2) is 0 Å². The molecule has 0 spiro atoms. The van der Waals surface area contributed by atoms with Crippen LogP contribution in [0.4, 0.5) is 0 Å². The van der Waals surface area contributed by atoms with E-state index in [1.54, 1.807) is 6.07 Å². The number of esters is 1. The smallest absolute Gasteiger partial charge is 0.335 e. The van der Waals surface area contributed by atoms with Gasteiger partial charge in [0.2, 0.25) is 0 Å². The first-order valence-electron chi connectivity index (χ1n) is 13.0. The number of hydrogen-bond donors (Lipinski definition) is 1. The van der Waals surface area contributed by atoms with E-state index in [9.17, 15) is 9.90 Å². The van der Waals surface area contributed by atoms with Crippen molar-refractivity contribution in [3.63, 3.8) is 0 Å². The fourth-order valence-electron chi connectivity index (χ4n) is 4.21. The second-order valence-electron chi connectivity index (χ2n) is 11.8. The highest BCUT2D eigenvalue weighted by atomic mass is 16.5. The van der Waals surface area contributed by atoms with Crippen LogP contribution in [0.25, 0.3) is 0 Å². The van der Waals surface area contributed by atoms with Crippen molar-refractivity contribution in [3.05, 3.63) is 70.8 Å². The largest absolute Gasteiger partial charge is 0.508 e. The Morgan fingerprint density at radius 2 is 1.40 bits per heavy atom. The Hall–Kier alpha value is -2.55. The molecule has 0 amide bonds. The average molecular weight is 479 g/mol. The van der Waals surface area contributed by atoms with Gasteiger partial charge < -0.3 is 9.84 Å². The number of aromatic hydroxyl groups is 1. The molecule has 3 nitrogen and oxygen atoms in total. The summed E-state index contributed by atoms with van der Waals surface area (Å²) in [5, 5.41) is 11.0. The molecule has 0 heterocycles. The molecule has 2 aromatic rings. The molecule has 0 aliphatic heterocycles. The third kappa shape index (κ3) is 6.00. The Labute approximate surface area is 213 Å². The lowest BCUT2D eigenvalue weighted by Gasteiger charge is -2.33. The third-order valence-corrected chi connectivity index (χ3v) is 8.39. The van der Waals surface area contributed by atoms with E-state index in [0.29, 0.717) is 5.75 Å². The van der Waals surface area contributed by atoms with Gasteiger partial charge in [-0.05, 0) is 52.7 Å². The van der Waals surface area contributed by atoms with Gasteiger partial charge in [0, 0.05) is 28.7 Å². The molecule has 35 heavy (non-hydrogen) atoms. The van der Waals surface area contributed by atoms with E-state index in [0.717, 1.165) is 36.0 Å². The van der Waals surface area contributed by atoms with Crippen LogP contribution in [0.5, 0.6) is 11.5 Å². The maximum atomic E-state index is 12.5. The molecule has 0 saturated heterocycles. The standard InChI is InChI=1S/C32H46O3/c1-12-28(34)35-29-25(19-23(31(8,9)14-3)20-26(29)32(10,11)15-4)21(5)24-18-22(16-17-27(24)33)30(6,7)13-2/h12,16-21,33H,1,13-15H2,2-11H3. The third-order valence-electron chi connectivity index (χ3n) is 8.39. The van der Waals surface area contributed by atoms with Crippen molar-refractivity contribution in [3.8, 4) is 11.5 Å². The van der Waals surface area contributed by atoms with Crippen LogP contribution in [0, 0.1) is 0 Å². The van der Waals surface area contributed by atoms with Gasteiger partial charge in [-0.1, -0.05) is 100 Å². The summed E-state index contributed by atoms with van der Waals surface area (Å²) in [6.07, 6.45) is 4.07. The van der Waals surface area contributed by atoms with E-state index in [4.69, 9.17) is 4.74 Å². The molecule has 0 saturated carbocycles. The first kappa shape index (κ1) is 28.7. The number of carbonyl (C=O) groups excluding carboxylic acids is 1. The molecule has 192 valence electrons. The highest BCUT2D eigenvalue weighted by Crippen LogP contribution is 2.46. The van der Waals surface area contributed by atoms with Crippen molar-refractivity contribution in [2.75, 3.05) is 0 Å². The van der Waals surface area contributed by atoms with E-state index in [1.807, 2.05) is 6.07 Å². The SMILES string of the molecule is C=CC(=O)Oc1c(C(C)c2cc(C(C)(C)CC)ccc2O)cc(C(C)(C)CC)cc1C(C)(C)CC. The molecule has 0 aliphatic rings. The summed E-state index contributed by atoms with van der Waals surface area (Å²) in [5.41, 5.74) is 4.89. The molecule has 0 aromatic heterocycles. The van der Waals surface area contributed by atoms with Crippen LogP contribution in [0.2, 0.25) is 0 Å². The van der Waals surface area contributed by atoms with Crippen molar-refractivity contribution in [2.24, 2.45) is 0 Å². The van der Waals surface area contributed by atoms with Gasteiger partial charge in [0.1, 0.15) is 11.5 Å². The van der Waals surface area contributed by atoms with Crippen LogP contribution in [0.3, 0.4) is 0 Å². The highest BCUT2D eigenvalue weighted by Gasteiger charge is 2.32. The van der Waals surface area contributed by atoms with Crippen molar-refractivity contribution < 1.29 is 14.6 Å². The molecule has 0 bridgehead atoms. The molecule has 2 rings (SSSR count). The minimum atomic E-state index is -0.473. The summed E-state index contributed by atoms with van der Waals surface area (Å²) in [6, 6.07) is 10.3. The number of hydrogen-bond acceptors (Lipinski definition) is 3. The predicted octanol–water partition coefficient (Wildman–Crippen LogP) is 8.70. The Balaban J connectivity index is 2.93. The van der Waals surface area contributed by atoms with Crippen LogP contribution >= 0.6 is 0 Å². The molecule has 0 radical (unpaired) electrons. The van der Waals surface area contributed by atoms with E-state index in [-0.39, 0.29) is 27.9 Å². The Morgan fingerprint density at radius 3 is 1.91 bits per heavy atom. The molecule has 2 aromatic carbocycles. The Morgan fingerprint density at radius 1 is 0.886 bits per heavy atom. The quantitative estimate of drug-likeness (QED) is 0.211. The predicted molar refractivity (Wildman–Crippen MR) is 148 cm³/mol. The summed E-state index contributed by atoms with van der Waals surface area (Å²) < 4.78 is 5.98. The number of rotatable bonds is 10. The minimum Gasteiger partial charge on any atom is -0.508 e. The normalized spacial score (nSPS) is 13.4. The second-order valence-corrected chi connectivity index (χ2v) is 11.8. The molecular formula is C32H46O3. The molecular weight excluding hydrogens is 432 g/mol. The number of carbonyl (C=O) groups is 1. The van der Waals surface area contributed by atoms with Gasteiger partial charge in [0.25, 0.3) is 0 Å². The maximum Gasteiger partial charge on any atom is 0.335 e. The van der Waals surface area contributed by atoms with Gasteiger partial charge >= 0.3 is 5.97 Å². The van der Waals surface area contributed by atoms with Crippen molar-refractivity contribution >= 4 is 5.97 Å². The van der Waals surface area contributed by atoms with Gasteiger partial charge in [-0.3, -0.25) is 0 Å².